The number of hydrogen-bond donors (Lipinski definition) is 2. The van der Waals surface area contributed by atoms with Crippen molar-refractivity contribution in [3.05, 3.63) is 33.9 Å². The lowest BCUT2D eigenvalue weighted by Gasteiger charge is -2.00. The van der Waals surface area contributed by atoms with E-state index in [0.717, 1.165) is 12.1 Å². The summed E-state index contributed by atoms with van der Waals surface area (Å²) in [6.07, 6.45) is 0. The minimum absolute atomic E-state index is 0.136. The van der Waals surface area contributed by atoms with Crippen molar-refractivity contribution < 1.29 is 14.8 Å². The molecule has 6 heteroatoms. The van der Waals surface area contributed by atoms with Crippen LogP contribution in [0.1, 0.15) is 10.4 Å². The number of carbonyl (C=O) groups excluding carboxylic acids is 1. The Labute approximate surface area is 79.3 Å². The van der Waals surface area contributed by atoms with E-state index in [4.69, 9.17) is 5.11 Å². The van der Waals surface area contributed by atoms with Gasteiger partial charge in [0.1, 0.15) is 0 Å². The summed E-state index contributed by atoms with van der Waals surface area (Å²) in [6, 6.07) is 3.44. The first-order valence-electron chi connectivity index (χ1n) is 3.75. The molecule has 14 heavy (non-hydrogen) atoms. The second-order valence-electron chi connectivity index (χ2n) is 2.54. The van der Waals surface area contributed by atoms with Gasteiger partial charge < -0.3 is 10.4 Å². The van der Waals surface area contributed by atoms with Crippen LogP contribution in [0.2, 0.25) is 0 Å². The maximum Gasteiger partial charge on any atom is 0.311 e. The van der Waals surface area contributed by atoms with Gasteiger partial charge in [0.05, 0.1) is 4.92 Å². The van der Waals surface area contributed by atoms with Crippen molar-refractivity contribution in [3.63, 3.8) is 0 Å². The van der Waals surface area contributed by atoms with Crippen LogP contribution in [0, 0.1) is 10.1 Å². The molecule has 0 bridgehead atoms. The van der Waals surface area contributed by atoms with Crippen molar-refractivity contribution in [1.29, 1.82) is 0 Å². The number of nitro benzene ring substituents is 1. The Hall–Kier alpha value is -2.11. The minimum Gasteiger partial charge on any atom is -0.502 e. The number of nitro groups is 1. The topological polar surface area (TPSA) is 92.5 Å². The quantitative estimate of drug-likeness (QED) is 0.536. The molecule has 0 aliphatic carbocycles. The van der Waals surface area contributed by atoms with Gasteiger partial charge in [-0.2, -0.15) is 0 Å². The van der Waals surface area contributed by atoms with Crippen molar-refractivity contribution in [1.82, 2.24) is 5.32 Å². The van der Waals surface area contributed by atoms with E-state index in [1.165, 1.54) is 13.1 Å². The van der Waals surface area contributed by atoms with Gasteiger partial charge in [-0.25, -0.2) is 0 Å². The average Bonchev–Trinajstić information content (AvgIpc) is 2.17. The highest BCUT2D eigenvalue weighted by Gasteiger charge is 2.15. The highest BCUT2D eigenvalue weighted by atomic mass is 16.6. The lowest BCUT2D eigenvalue weighted by Crippen LogP contribution is -2.17. The molecule has 0 radical (unpaired) electrons. The van der Waals surface area contributed by atoms with Crippen LogP contribution in [0.3, 0.4) is 0 Å². The molecule has 1 rings (SSSR count). The molecule has 1 aromatic rings. The van der Waals surface area contributed by atoms with E-state index >= 15 is 0 Å². The van der Waals surface area contributed by atoms with Gasteiger partial charge in [0.2, 0.25) is 0 Å². The molecule has 0 atom stereocenters. The normalized spacial score (nSPS) is 9.50. The molecule has 0 fully saturated rings. The van der Waals surface area contributed by atoms with E-state index in [9.17, 15) is 14.9 Å². The van der Waals surface area contributed by atoms with E-state index < -0.39 is 22.3 Å². The Morgan fingerprint density at radius 2 is 2.21 bits per heavy atom. The van der Waals surface area contributed by atoms with E-state index in [2.05, 4.69) is 5.32 Å². The summed E-state index contributed by atoms with van der Waals surface area (Å²) in [5.74, 6) is -0.893. The maximum absolute atomic E-state index is 11.1. The van der Waals surface area contributed by atoms with Crippen molar-refractivity contribution in [2.45, 2.75) is 0 Å². The van der Waals surface area contributed by atoms with Crippen molar-refractivity contribution in [2.75, 3.05) is 7.05 Å². The summed E-state index contributed by atoms with van der Waals surface area (Å²) in [7, 11) is 1.42. The summed E-state index contributed by atoms with van der Waals surface area (Å²) >= 11 is 0. The molecule has 2 N–H and O–H groups in total. The summed E-state index contributed by atoms with van der Waals surface area (Å²) in [5, 5.41) is 21.8. The van der Waals surface area contributed by atoms with Gasteiger partial charge in [0, 0.05) is 18.7 Å². The molecular formula is C8H8N2O4. The fourth-order valence-electron chi connectivity index (χ4n) is 0.955. The van der Waals surface area contributed by atoms with Crippen LogP contribution in [0.25, 0.3) is 0 Å². The van der Waals surface area contributed by atoms with Crippen LogP contribution in [0.5, 0.6) is 5.75 Å². The first kappa shape index (κ1) is 9.97. The zero-order chi connectivity index (χ0) is 10.7. The Bertz CT molecular complexity index is 389. The fourth-order valence-corrected chi connectivity index (χ4v) is 0.955. The molecule has 0 aliphatic heterocycles. The van der Waals surface area contributed by atoms with Crippen molar-refractivity contribution in [3.8, 4) is 5.75 Å². The van der Waals surface area contributed by atoms with Crippen molar-refractivity contribution in [2.24, 2.45) is 0 Å². The third-order valence-electron chi connectivity index (χ3n) is 1.66. The largest absolute Gasteiger partial charge is 0.502 e. The molecule has 1 amide bonds. The predicted molar refractivity (Wildman–Crippen MR) is 48.2 cm³/mol. The van der Waals surface area contributed by atoms with Crippen LogP contribution >= 0.6 is 0 Å². The summed E-state index contributed by atoms with van der Waals surface area (Å²) in [4.78, 5) is 20.7. The maximum atomic E-state index is 11.1. The SMILES string of the molecule is CNC(=O)c1ccc(O)c([N+](=O)[O-])c1. The summed E-state index contributed by atoms with van der Waals surface area (Å²) in [6.45, 7) is 0. The number of phenols is 1. The highest BCUT2D eigenvalue weighted by molar-refractivity contribution is 5.94. The smallest absolute Gasteiger partial charge is 0.311 e. The number of aromatic hydroxyl groups is 1. The number of benzene rings is 1. The number of nitrogens with one attached hydrogen (secondary N) is 1. The fraction of sp³-hybridized carbons (Fsp3) is 0.125. The zero-order valence-corrected chi connectivity index (χ0v) is 7.35. The Morgan fingerprint density at radius 3 is 2.71 bits per heavy atom. The Kier molecular flexibility index (Phi) is 2.66. The van der Waals surface area contributed by atoms with E-state index in [1.807, 2.05) is 0 Å². The third kappa shape index (κ3) is 1.79. The molecule has 0 unspecified atom stereocenters. The number of amides is 1. The third-order valence-corrected chi connectivity index (χ3v) is 1.66. The van der Waals surface area contributed by atoms with Crippen LogP contribution < -0.4 is 5.32 Å². The average molecular weight is 196 g/mol. The molecule has 0 spiro atoms. The number of carbonyl (C=O) groups is 1. The van der Waals surface area contributed by atoms with Gasteiger partial charge in [-0.1, -0.05) is 0 Å². The second kappa shape index (κ2) is 3.73. The van der Waals surface area contributed by atoms with Gasteiger partial charge in [-0.05, 0) is 12.1 Å². The molecule has 74 valence electrons. The Balaban J connectivity index is 3.19. The summed E-state index contributed by atoms with van der Waals surface area (Å²) < 4.78 is 0. The number of phenolic OH excluding ortho intramolecular Hbond substituents is 1. The standard InChI is InChI=1S/C8H8N2O4/c1-9-8(12)5-2-3-7(11)6(4-5)10(13)14/h2-4,11H,1H3,(H,9,12). The predicted octanol–water partition coefficient (Wildman–Crippen LogP) is 0.660. The minimum atomic E-state index is -0.748. The molecule has 1 aromatic carbocycles. The van der Waals surface area contributed by atoms with E-state index in [-0.39, 0.29) is 5.56 Å². The first-order chi connectivity index (χ1) is 6.56. The highest BCUT2D eigenvalue weighted by Crippen LogP contribution is 2.25. The van der Waals surface area contributed by atoms with E-state index in [0.29, 0.717) is 0 Å². The molecule has 0 heterocycles. The lowest BCUT2D eigenvalue weighted by molar-refractivity contribution is -0.385. The van der Waals surface area contributed by atoms with Gasteiger partial charge in [-0.3, -0.25) is 14.9 Å². The van der Waals surface area contributed by atoms with Gasteiger partial charge in [-0.15, -0.1) is 0 Å². The number of rotatable bonds is 2. The first-order valence-corrected chi connectivity index (χ1v) is 3.75. The molecule has 0 aliphatic rings. The molecule has 0 aromatic heterocycles. The molecule has 0 saturated heterocycles. The van der Waals surface area contributed by atoms with Crippen LogP contribution in [-0.2, 0) is 0 Å². The number of nitrogens with zero attached hydrogens (tertiary/aromatic N) is 1. The van der Waals surface area contributed by atoms with Crippen molar-refractivity contribution >= 4 is 11.6 Å². The number of hydrogen-bond acceptors (Lipinski definition) is 4. The van der Waals surface area contributed by atoms with Crippen LogP contribution in [0.15, 0.2) is 18.2 Å². The van der Waals surface area contributed by atoms with Gasteiger partial charge in [0.15, 0.2) is 5.75 Å². The van der Waals surface area contributed by atoms with E-state index in [1.54, 1.807) is 0 Å². The zero-order valence-electron chi connectivity index (χ0n) is 7.35. The van der Waals surface area contributed by atoms with Gasteiger partial charge >= 0.3 is 5.69 Å². The second-order valence-corrected chi connectivity index (χ2v) is 2.54. The molecule has 0 saturated carbocycles. The lowest BCUT2D eigenvalue weighted by atomic mass is 10.2. The van der Waals surface area contributed by atoms with Crippen LogP contribution in [0.4, 0.5) is 5.69 Å². The van der Waals surface area contributed by atoms with Gasteiger partial charge in [0.25, 0.3) is 5.91 Å². The van der Waals surface area contributed by atoms with Crippen LogP contribution in [-0.4, -0.2) is 23.0 Å². The summed E-state index contributed by atoms with van der Waals surface area (Å²) in [5.41, 5.74) is -0.344. The Morgan fingerprint density at radius 1 is 1.57 bits per heavy atom. The molecule has 6 nitrogen and oxygen atoms in total. The molecular weight excluding hydrogens is 188 g/mol. The monoisotopic (exact) mass is 196 g/mol.